The van der Waals surface area contributed by atoms with Crippen molar-refractivity contribution in [3.8, 4) is 6.07 Å². The third-order valence-corrected chi connectivity index (χ3v) is 4.20. The van der Waals surface area contributed by atoms with Crippen molar-refractivity contribution in [3.63, 3.8) is 0 Å². The predicted octanol–water partition coefficient (Wildman–Crippen LogP) is 3.22. The topological polar surface area (TPSA) is 76.2 Å². The van der Waals surface area contributed by atoms with Crippen molar-refractivity contribution >= 4 is 21.6 Å². The molecule has 0 spiro atoms. The van der Waals surface area contributed by atoms with Gasteiger partial charge >= 0.3 is 0 Å². The number of ether oxygens (including phenoxy) is 1. The molecule has 2 rings (SSSR count). The van der Waals surface area contributed by atoms with Crippen LogP contribution in [0, 0.1) is 26.9 Å². The predicted molar refractivity (Wildman–Crippen MR) is 72.6 cm³/mol. The standard InChI is InChI=1S/C13H13BrN2O3/c14-12-7-11(16(17)18)2-1-10(12)8-13(9-15)3-5-19-6-4-13/h1-2,7H,3-6,8H2. The lowest BCUT2D eigenvalue weighted by molar-refractivity contribution is -0.384. The Morgan fingerprint density at radius 2 is 2.16 bits per heavy atom. The fourth-order valence-corrected chi connectivity index (χ4v) is 2.75. The second-order valence-corrected chi connectivity index (χ2v) is 5.57. The van der Waals surface area contributed by atoms with Gasteiger partial charge in [0.05, 0.1) is 16.4 Å². The summed E-state index contributed by atoms with van der Waals surface area (Å²) >= 11 is 3.35. The SMILES string of the molecule is N#CC1(Cc2ccc([N+](=O)[O-])cc2Br)CCOCC1. The van der Waals surface area contributed by atoms with Crippen LogP contribution in [0.5, 0.6) is 0 Å². The molecule has 1 aromatic carbocycles. The average Bonchev–Trinajstić information content (AvgIpc) is 2.42. The first-order valence-corrected chi connectivity index (χ1v) is 6.77. The fourth-order valence-electron chi connectivity index (χ4n) is 2.25. The number of nitriles is 1. The van der Waals surface area contributed by atoms with Crippen LogP contribution in [0.3, 0.4) is 0 Å². The van der Waals surface area contributed by atoms with Crippen molar-refractivity contribution in [1.29, 1.82) is 5.26 Å². The third-order valence-electron chi connectivity index (χ3n) is 3.46. The Balaban J connectivity index is 2.23. The molecule has 1 fully saturated rings. The van der Waals surface area contributed by atoms with E-state index in [1.165, 1.54) is 12.1 Å². The molecule has 100 valence electrons. The van der Waals surface area contributed by atoms with Gasteiger partial charge in [0, 0.05) is 29.8 Å². The Labute approximate surface area is 119 Å². The summed E-state index contributed by atoms with van der Waals surface area (Å²) in [5.74, 6) is 0. The molecule has 0 atom stereocenters. The quantitative estimate of drug-likeness (QED) is 0.631. The van der Waals surface area contributed by atoms with Crippen LogP contribution >= 0.6 is 15.9 Å². The van der Waals surface area contributed by atoms with Crippen molar-refractivity contribution in [2.75, 3.05) is 13.2 Å². The van der Waals surface area contributed by atoms with Crippen LogP contribution in [0.4, 0.5) is 5.69 Å². The van der Waals surface area contributed by atoms with Crippen LogP contribution in [0.15, 0.2) is 22.7 Å². The van der Waals surface area contributed by atoms with Crippen molar-refractivity contribution in [2.45, 2.75) is 19.3 Å². The van der Waals surface area contributed by atoms with E-state index in [1.807, 2.05) is 0 Å². The first-order valence-electron chi connectivity index (χ1n) is 5.98. The molecule has 0 N–H and O–H groups in total. The summed E-state index contributed by atoms with van der Waals surface area (Å²) < 4.78 is 5.98. The Morgan fingerprint density at radius 1 is 1.47 bits per heavy atom. The summed E-state index contributed by atoms with van der Waals surface area (Å²) in [7, 11) is 0. The van der Waals surface area contributed by atoms with Gasteiger partial charge in [-0.25, -0.2) is 0 Å². The van der Waals surface area contributed by atoms with Gasteiger partial charge in [-0.1, -0.05) is 22.0 Å². The molecule has 0 aliphatic carbocycles. The minimum absolute atomic E-state index is 0.0496. The summed E-state index contributed by atoms with van der Waals surface area (Å²) in [6, 6.07) is 7.08. The molecular formula is C13H13BrN2O3. The zero-order valence-electron chi connectivity index (χ0n) is 10.3. The van der Waals surface area contributed by atoms with E-state index in [0.29, 0.717) is 36.9 Å². The molecule has 1 aliphatic rings. The molecule has 1 saturated heterocycles. The summed E-state index contributed by atoms with van der Waals surface area (Å²) in [5, 5.41) is 20.1. The van der Waals surface area contributed by atoms with E-state index in [1.54, 1.807) is 6.07 Å². The first kappa shape index (κ1) is 14.0. The molecule has 5 nitrogen and oxygen atoms in total. The number of nitro groups is 1. The summed E-state index contributed by atoms with van der Waals surface area (Å²) in [4.78, 5) is 10.3. The van der Waals surface area contributed by atoms with Gasteiger partial charge in [-0.15, -0.1) is 0 Å². The van der Waals surface area contributed by atoms with E-state index in [0.717, 1.165) is 5.56 Å². The van der Waals surface area contributed by atoms with Crippen LogP contribution < -0.4 is 0 Å². The molecule has 19 heavy (non-hydrogen) atoms. The number of benzene rings is 1. The van der Waals surface area contributed by atoms with E-state index in [4.69, 9.17) is 4.74 Å². The van der Waals surface area contributed by atoms with Crippen LogP contribution in [0.25, 0.3) is 0 Å². The molecule has 1 heterocycles. The van der Waals surface area contributed by atoms with Gasteiger partial charge in [0.1, 0.15) is 0 Å². The van der Waals surface area contributed by atoms with Crippen LogP contribution in [0.1, 0.15) is 18.4 Å². The molecule has 0 radical (unpaired) electrons. The molecule has 0 aromatic heterocycles. The maximum Gasteiger partial charge on any atom is 0.270 e. The molecule has 0 saturated carbocycles. The monoisotopic (exact) mass is 324 g/mol. The highest BCUT2D eigenvalue weighted by Gasteiger charge is 2.33. The van der Waals surface area contributed by atoms with E-state index in [9.17, 15) is 15.4 Å². The van der Waals surface area contributed by atoms with Crippen molar-refractivity contribution in [1.82, 2.24) is 0 Å². The minimum Gasteiger partial charge on any atom is -0.381 e. The van der Waals surface area contributed by atoms with Crippen molar-refractivity contribution in [2.24, 2.45) is 5.41 Å². The molecule has 0 unspecified atom stereocenters. The summed E-state index contributed by atoms with van der Waals surface area (Å²) in [6.07, 6.45) is 1.99. The van der Waals surface area contributed by atoms with Crippen LogP contribution in [-0.2, 0) is 11.2 Å². The number of halogens is 1. The number of hydrogen-bond donors (Lipinski definition) is 0. The second kappa shape index (κ2) is 5.68. The van der Waals surface area contributed by atoms with E-state index >= 15 is 0 Å². The lowest BCUT2D eigenvalue weighted by atomic mass is 9.76. The number of hydrogen-bond acceptors (Lipinski definition) is 4. The Hall–Kier alpha value is -1.45. The maximum atomic E-state index is 10.7. The number of rotatable bonds is 3. The highest BCUT2D eigenvalue weighted by atomic mass is 79.9. The van der Waals surface area contributed by atoms with Gasteiger partial charge in [-0.2, -0.15) is 5.26 Å². The molecular weight excluding hydrogens is 312 g/mol. The molecule has 1 aromatic rings. The van der Waals surface area contributed by atoms with Gasteiger partial charge in [0.2, 0.25) is 0 Å². The zero-order chi connectivity index (χ0) is 13.9. The van der Waals surface area contributed by atoms with Crippen LogP contribution in [0.2, 0.25) is 0 Å². The fraction of sp³-hybridized carbons (Fsp3) is 0.462. The molecule has 1 aliphatic heterocycles. The average molecular weight is 325 g/mol. The van der Waals surface area contributed by atoms with Gasteiger partial charge in [-0.05, 0) is 24.8 Å². The Kier molecular flexibility index (Phi) is 4.17. The zero-order valence-corrected chi connectivity index (χ0v) is 11.9. The first-order chi connectivity index (χ1) is 9.06. The number of non-ortho nitro benzene ring substituents is 1. The lowest BCUT2D eigenvalue weighted by Crippen LogP contribution is -2.30. The normalized spacial score (nSPS) is 17.7. The van der Waals surface area contributed by atoms with Crippen molar-refractivity contribution in [3.05, 3.63) is 38.3 Å². The summed E-state index contributed by atoms with van der Waals surface area (Å²) in [6.45, 7) is 1.19. The third kappa shape index (κ3) is 3.11. The Morgan fingerprint density at radius 3 is 2.68 bits per heavy atom. The molecule has 6 heteroatoms. The van der Waals surface area contributed by atoms with Crippen LogP contribution in [-0.4, -0.2) is 18.1 Å². The van der Waals surface area contributed by atoms with E-state index in [2.05, 4.69) is 22.0 Å². The highest BCUT2D eigenvalue weighted by Crippen LogP contribution is 2.36. The van der Waals surface area contributed by atoms with E-state index < -0.39 is 10.3 Å². The van der Waals surface area contributed by atoms with Gasteiger partial charge < -0.3 is 4.74 Å². The van der Waals surface area contributed by atoms with Crippen molar-refractivity contribution < 1.29 is 9.66 Å². The summed E-state index contributed by atoms with van der Waals surface area (Å²) in [5.41, 5.74) is 0.555. The largest absolute Gasteiger partial charge is 0.381 e. The minimum atomic E-state index is -0.428. The second-order valence-electron chi connectivity index (χ2n) is 4.71. The molecule has 0 bridgehead atoms. The van der Waals surface area contributed by atoms with E-state index in [-0.39, 0.29) is 5.69 Å². The van der Waals surface area contributed by atoms with Gasteiger partial charge in [0.15, 0.2) is 0 Å². The Bertz CT molecular complexity index is 533. The molecule has 0 amide bonds. The van der Waals surface area contributed by atoms with Gasteiger partial charge in [-0.3, -0.25) is 10.1 Å². The lowest BCUT2D eigenvalue weighted by Gasteiger charge is -2.30. The van der Waals surface area contributed by atoms with Gasteiger partial charge in [0.25, 0.3) is 5.69 Å². The number of nitrogens with zero attached hydrogens (tertiary/aromatic N) is 2. The smallest absolute Gasteiger partial charge is 0.270 e. The number of nitro benzene ring substituents is 1. The highest BCUT2D eigenvalue weighted by molar-refractivity contribution is 9.10. The maximum absolute atomic E-state index is 10.7.